The molecule has 28 heavy (non-hydrogen) atoms. The fourth-order valence-corrected chi connectivity index (χ4v) is 4.31. The van der Waals surface area contributed by atoms with Gasteiger partial charge in [0.05, 0.1) is 5.69 Å². The van der Waals surface area contributed by atoms with Crippen molar-refractivity contribution in [2.45, 2.75) is 25.3 Å². The molecule has 1 aliphatic rings. The second kappa shape index (κ2) is 6.99. The topological polar surface area (TPSA) is 51.3 Å². The summed E-state index contributed by atoms with van der Waals surface area (Å²) in [4.78, 5) is 14.8. The number of para-hydroxylation sites is 1. The molecule has 5 nitrogen and oxygen atoms in total. The first-order valence-corrected chi connectivity index (χ1v) is 9.93. The molecule has 0 radical (unpaired) electrons. The highest BCUT2D eigenvalue weighted by molar-refractivity contribution is 6.31. The Morgan fingerprint density at radius 3 is 2.82 bits per heavy atom. The number of piperidine rings is 1. The van der Waals surface area contributed by atoms with E-state index in [0.717, 1.165) is 53.5 Å². The normalized spacial score (nSPS) is 15.5. The van der Waals surface area contributed by atoms with Gasteiger partial charge in [-0.3, -0.25) is 4.79 Å². The minimum atomic E-state index is 0.140. The maximum Gasteiger partial charge on any atom is 0.242 e. The summed E-state index contributed by atoms with van der Waals surface area (Å²) in [6.07, 6.45) is 3.76. The van der Waals surface area contributed by atoms with Gasteiger partial charge < -0.3 is 14.0 Å². The molecule has 2 aromatic carbocycles. The van der Waals surface area contributed by atoms with Gasteiger partial charge >= 0.3 is 0 Å². The number of hydrogen-bond donors (Lipinski definition) is 0. The maximum atomic E-state index is 12.8. The van der Waals surface area contributed by atoms with E-state index in [1.165, 1.54) is 0 Å². The van der Waals surface area contributed by atoms with Crippen LogP contribution in [0.4, 0.5) is 0 Å². The highest BCUT2D eigenvalue weighted by Crippen LogP contribution is 2.32. The van der Waals surface area contributed by atoms with E-state index in [4.69, 9.17) is 16.1 Å². The first-order chi connectivity index (χ1) is 13.7. The fraction of sp³-hybridized carbons (Fsp3) is 0.273. The van der Waals surface area contributed by atoms with Crippen LogP contribution in [0.15, 0.2) is 59.3 Å². The summed E-state index contributed by atoms with van der Waals surface area (Å²) in [7, 11) is 0. The quantitative estimate of drug-likeness (QED) is 0.500. The molecule has 0 aliphatic carbocycles. The van der Waals surface area contributed by atoms with E-state index in [9.17, 15) is 4.79 Å². The first-order valence-electron chi connectivity index (χ1n) is 9.55. The largest absolute Gasteiger partial charge is 0.356 e. The molecule has 0 N–H and O–H groups in total. The summed E-state index contributed by atoms with van der Waals surface area (Å²) in [6, 6.07) is 15.7. The summed E-state index contributed by atoms with van der Waals surface area (Å²) >= 11 is 6.12. The summed E-state index contributed by atoms with van der Waals surface area (Å²) < 4.78 is 7.43. The predicted octanol–water partition coefficient (Wildman–Crippen LogP) is 4.84. The number of likely N-dealkylation sites (tertiary alicyclic amines) is 1. The van der Waals surface area contributed by atoms with E-state index in [1.807, 2.05) is 58.1 Å². The lowest BCUT2D eigenvalue weighted by Gasteiger charge is -2.31. The number of amides is 1. The van der Waals surface area contributed by atoms with Crippen LogP contribution in [0.3, 0.4) is 0 Å². The van der Waals surface area contributed by atoms with E-state index in [1.54, 1.807) is 0 Å². The number of hydrogen-bond acceptors (Lipinski definition) is 3. The lowest BCUT2D eigenvalue weighted by Crippen LogP contribution is -2.39. The Morgan fingerprint density at radius 1 is 1.14 bits per heavy atom. The number of carbonyl (C=O) groups is 1. The van der Waals surface area contributed by atoms with Crippen molar-refractivity contribution < 1.29 is 9.32 Å². The van der Waals surface area contributed by atoms with Gasteiger partial charge in [0.1, 0.15) is 6.54 Å². The van der Waals surface area contributed by atoms with Crippen LogP contribution in [0, 0.1) is 0 Å². The van der Waals surface area contributed by atoms with Crippen molar-refractivity contribution in [1.29, 1.82) is 0 Å². The Hall–Kier alpha value is -2.79. The van der Waals surface area contributed by atoms with E-state index >= 15 is 0 Å². The molecule has 0 atom stereocenters. The zero-order valence-corrected chi connectivity index (χ0v) is 16.1. The third kappa shape index (κ3) is 3.06. The molecule has 6 heteroatoms. The molecule has 5 rings (SSSR count). The van der Waals surface area contributed by atoms with Crippen LogP contribution in [-0.4, -0.2) is 33.6 Å². The fourth-order valence-electron chi connectivity index (χ4n) is 4.14. The molecule has 3 heterocycles. The highest BCUT2D eigenvalue weighted by Gasteiger charge is 2.27. The van der Waals surface area contributed by atoms with Crippen molar-refractivity contribution in [3.8, 4) is 0 Å². The van der Waals surface area contributed by atoms with Crippen molar-refractivity contribution in [2.24, 2.45) is 0 Å². The smallest absolute Gasteiger partial charge is 0.242 e. The van der Waals surface area contributed by atoms with Crippen LogP contribution in [0.5, 0.6) is 0 Å². The van der Waals surface area contributed by atoms with Gasteiger partial charge in [-0.25, -0.2) is 0 Å². The lowest BCUT2D eigenvalue weighted by atomic mass is 9.91. The zero-order chi connectivity index (χ0) is 19.1. The summed E-state index contributed by atoms with van der Waals surface area (Å²) in [5.74, 6) is 0.472. The second-order valence-corrected chi connectivity index (χ2v) is 7.80. The number of aromatic nitrogens is 2. The molecule has 0 bridgehead atoms. The molecule has 1 aliphatic heterocycles. The SMILES string of the molecule is O=C(Cn1ccc2ccc(Cl)cc21)N1CCC(c2noc3ccccc23)CC1. The second-order valence-electron chi connectivity index (χ2n) is 7.37. The average molecular weight is 394 g/mol. The zero-order valence-electron chi connectivity index (χ0n) is 15.3. The van der Waals surface area contributed by atoms with Crippen LogP contribution < -0.4 is 0 Å². The molecule has 1 amide bonds. The van der Waals surface area contributed by atoms with Crippen LogP contribution in [-0.2, 0) is 11.3 Å². The molecule has 2 aromatic heterocycles. The number of carbonyl (C=O) groups excluding carboxylic acids is 1. The molecular weight excluding hydrogens is 374 g/mol. The van der Waals surface area contributed by atoms with Gasteiger partial charge in [-0.1, -0.05) is 35.0 Å². The van der Waals surface area contributed by atoms with Crippen LogP contribution >= 0.6 is 11.6 Å². The molecule has 142 valence electrons. The van der Waals surface area contributed by atoms with E-state index in [2.05, 4.69) is 11.2 Å². The highest BCUT2D eigenvalue weighted by atomic mass is 35.5. The van der Waals surface area contributed by atoms with Gasteiger partial charge in [-0.15, -0.1) is 0 Å². The number of fused-ring (bicyclic) bond motifs is 2. The van der Waals surface area contributed by atoms with Gasteiger partial charge in [0, 0.05) is 41.1 Å². The van der Waals surface area contributed by atoms with Crippen LogP contribution in [0.25, 0.3) is 21.9 Å². The third-order valence-corrected chi connectivity index (χ3v) is 5.92. The van der Waals surface area contributed by atoms with Crippen molar-refractivity contribution in [3.05, 3.63) is 65.4 Å². The van der Waals surface area contributed by atoms with Gasteiger partial charge in [0.2, 0.25) is 5.91 Å². The summed E-state index contributed by atoms with van der Waals surface area (Å²) in [5.41, 5.74) is 2.84. The van der Waals surface area contributed by atoms with Crippen molar-refractivity contribution in [2.75, 3.05) is 13.1 Å². The van der Waals surface area contributed by atoms with E-state index < -0.39 is 0 Å². The summed E-state index contributed by atoms with van der Waals surface area (Å²) in [6.45, 7) is 1.82. The van der Waals surface area contributed by atoms with Crippen LogP contribution in [0.1, 0.15) is 24.5 Å². The van der Waals surface area contributed by atoms with Crippen molar-refractivity contribution in [3.63, 3.8) is 0 Å². The average Bonchev–Trinajstić information content (AvgIpc) is 3.32. The predicted molar refractivity (Wildman–Crippen MR) is 110 cm³/mol. The summed E-state index contributed by atoms with van der Waals surface area (Å²) in [5, 5.41) is 7.16. The monoisotopic (exact) mass is 393 g/mol. The Balaban J connectivity index is 1.27. The molecule has 0 unspecified atom stereocenters. The molecule has 0 spiro atoms. The van der Waals surface area contributed by atoms with Gasteiger partial charge in [0.25, 0.3) is 0 Å². The van der Waals surface area contributed by atoms with E-state index in [0.29, 0.717) is 17.5 Å². The Labute approximate surface area is 167 Å². The van der Waals surface area contributed by atoms with Crippen LogP contribution in [0.2, 0.25) is 5.02 Å². The Bertz CT molecular complexity index is 1150. The Morgan fingerprint density at radius 2 is 1.96 bits per heavy atom. The molecule has 4 aromatic rings. The molecular formula is C22H20ClN3O2. The maximum absolute atomic E-state index is 12.8. The van der Waals surface area contributed by atoms with E-state index in [-0.39, 0.29) is 5.91 Å². The lowest BCUT2D eigenvalue weighted by molar-refractivity contribution is -0.132. The number of nitrogens with zero attached hydrogens (tertiary/aromatic N) is 3. The number of halogens is 1. The minimum absolute atomic E-state index is 0.140. The first kappa shape index (κ1) is 17.3. The van der Waals surface area contributed by atoms with Crippen molar-refractivity contribution >= 4 is 39.4 Å². The number of benzene rings is 2. The van der Waals surface area contributed by atoms with Gasteiger partial charge in [-0.05, 0) is 48.6 Å². The number of rotatable bonds is 3. The van der Waals surface area contributed by atoms with Gasteiger partial charge in [-0.2, -0.15) is 0 Å². The third-order valence-electron chi connectivity index (χ3n) is 5.68. The Kier molecular flexibility index (Phi) is 4.32. The minimum Gasteiger partial charge on any atom is -0.356 e. The molecule has 1 saturated heterocycles. The van der Waals surface area contributed by atoms with Gasteiger partial charge in [0.15, 0.2) is 5.58 Å². The molecule has 1 fully saturated rings. The molecule has 0 saturated carbocycles. The standard InChI is InChI=1S/C22H20ClN3O2/c23-17-6-5-15-7-12-26(19(15)13-17)14-21(27)25-10-8-16(9-11-25)22-18-3-1-2-4-20(18)28-24-22/h1-7,12-13,16H,8-11,14H2. The van der Waals surface area contributed by atoms with Crippen molar-refractivity contribution in [1.82, 2.24) is 14.6 Å².